The lowest BCUT2D eigenvalue weighted by molar-refractivity contribution is -0.00630. The van der Waals surface area contributed by atoms with Gasteiger partial charge in [0.15, 0.2) is 0 Å². The van der Waals surface area contributed by atoms with Crippen molar-refractivity contribution in [2.45, 2.75) is 58.2 Å². The maximum absolute atomic E-state index is 6.39. The molecule has 3 rings (SSSR count). The largest absolute Gasteiger partial charge is 0.296 e. The highest BCUT2D eigenvalue weighted by Gasteiger charge is 2.35. The van der Waals surface area contributed by atoms with Crippen LogP contribution < -0.4 is 0 Å². The van der Waals surface area contributed by atoms with Crippen molar-refractivity contribution in [2.24, 2.45) is 7.05 Å². The minimum absolute atomic E-state index is 0.751. The molecule has 1 atom stereocenters. The van der Waals surface area contributed by atoms with E-state index in [0.29, 0.717) is 0 Å². The fourth-order valence-corrected chi connectivity index (χ4v) is 4.01. The van der Waals surface area contributed by atoms with Gasteiger partial charge in [0.2, 0.25) is 0 Å². The molecule has 0 bridgehead atoms. The van der Waals surface area contributed by atoms with Crippen LogP contribution in [0.2, 0.25) is 5.15 Å². The normalized spacial score (nSPS) is 25.2. The monoisotopic (exact) mass is 310 g/mol. The molecule has 2 aliphatic rings. The molecule has 1 aromatic rings. The summed E-state index contributed by atoms with van der Waals surface area (Å²) in [6, 6.07) is 1.51. The summed E-state index contributed by atoms with van der Waals surface area (Å²) in [5.41, 5.74) is 2.38. The van der Waals surface area contributed by atoms with Crippen molar-refractivity contribution in [3.8, 4) is 0 Å². The van der Waals surface area contributed by atoms with E-state index in [0.717, 1.165) is 35.9 Å². The van der Waals surface area contributed by atoms with Crippen molar-refractivity contribution in [1.29, 1.82) is 0 Å². The summed E-state index contributed by atoms with van der Waals surface area (Å²) < 4.78 is 1.81. The van der Waals surface area contributed by atoms with Gasteiger partial charge in [0.25, 0.3) is 0 Å². The lowest BCUT2D eigenvalue weighted by atomic mass is 9.97. The molecular formula is C16H27ClN4. The fraction of sp³-hybridized carbons (Fsp3) is 0.812. The van der Waals surface area contributed by atoms with Crippen LogP contribution >= 0.6 is 11.6 Å². The number of piperidine rings is 1. The van der Waals surface area contributed by atoms with E-state index in [4.69, 9.17) is 11.6 Å². The van der Waals surface area contributed by atoms with Gasteiger partial charge in [0.1, 0.15) is 5.15 Å². The molecule has 5 heteroatoms. The zero-order valence-electron chi connectivity index (χ0n) is 13.5. The van der Waals surface area contributed by atoms with Crippen LogP contribution in [0.25, 0.3) is 0 Å². The number of aromatic nitrogens is 2. The topological polar surface area (TPSA) is 24.3 Å². The summed E-state index contributed by atoms with van der Waals surface area (Å²) in [4.78, 5) is 5.22. The van der Waals surface area contributed by atoms with E-state index >= 15 is 0 Å². The lowest BCUT2D eigenvalue weighted by Crippen LogP contribution is -2.61. The molecule has 2 fully saturated rings. The molecule has 0 N–H and O–H groups in total. The zero-order valence-corrected chi connectivity index (χ0v) is 14.2. The SMILES string of the molecule is CCc1nn(C)c(Cl)c1CN1CC(N2CCCC[C@H]2C)C1. The minimum atomic E-state index is 0.751. The number of hydrogen-bond acceptors (Lipinski definition) is 3. The number of halogens is 1. The van der Waals surface area contributed by atoms with Crippen LogP contribution in [0.5, 0.6) is 0 Å². The molecule has 2 aliphatic heterocycles. The maximum atomic E-state index is 6.39. The molecule has 1 aromatic heterocycles. The first-order chi connectivity index (χ1) is 10.1. The molecule has 4 nitrogen and oxygen atoms in total. The summed E-state index contributed by atoms with van der Waals surface area (Å²) in [7, 11) is 1.93. The first-order valence-electron chi connectivity index (χ1n) is 8.28. The molecule has 0 amide bonds. The quantitative estimate of drug-likeness (QED) is 0.854. The summed E-state index contributed by atoms with van der Waals surface area (Å²) in [6.45, 7) is 9.13. The van der Waals surface area contributed by atoms with E-state index < -0.39 is 0 Å². The van der Waals surface area contributed by atoms with Crippen molar-refractivity contribution in [1.82, 2.24) is 19.6 Å². The molecule has 2 saturated heterocycles. The second-order valence-corrected chi connectivity index (χ2v) is 6.98. The lowest BCUT2D eigenvalue weighted by Gasteiger charge is -2.49. The van der Waals surface area contributed by atoms with Gasteiger partial charge in [-0.15, -0.1) is 0 Å². The molecule has 3 heterocycles. The summed E-state index contributed by atoms with van der Waals surface area (Å²) in [5.74, 6) is 0. The van der Waals surface area contributed by atoms with Gasteiger partial charge in [-0.2, -0.15) is 5.10 Å². The highest BCUT2D eigenvalue weighted by molar-refractivity contribution is 6.30. The Morgan fingerprint density at radius 1 is 1.29 bits per heavy atom. The Balaban J connectivity index is 1.57. The van der Waals surface area contributed by atoms with Gasteiger partial charge in [-0.3, -0.25) is 14.5 Å². The highest BCUT2D eigenvalue weighted by Crippen LogP contribution is 2.28. The predicted octanol–water partition coefficient (Wildman–Crippen LogP) is 2.69. The van der Waals surface area contributed by atoms with E-state index in [9.17, 15) is 0 Å². The number of aryl methyl sites for hydroxylation is 2. The third-order valence-corrected chi connectivity index (χ3v) is 5.60. The van der Waals surface area contributed by atoms with E-state index in [-0.39, 0.29) is 0 Å². The Morgan fingerprint density at radius 3 is 2.71 bits per heavy atom. The molecule has 0 saturated carbocycles. The highest BCUT2D eigenvalue weighted by atomic mass is 35.5. The van der Waals surface area contributed by atoms with E-state index in [1.807, 2.05) is 7.05 Å². The summed E-state index contributed by atoms with van der Waals surface area (Å²) in [6.07, 6.45) is 5.09. The molecule has 0 aromatic carbocycles. The van der Waals surface area contributed by atoms with Gasteiger partial charge in [-0.1, -0.05) is 24.9 Å². The zero-order chi connectivity index (χ0) is 15.0. The number of likely N-dealkylation sites (tertiary alicyclic amines) is 2. The number of nitrogens with zero attached hydrogens (tertiary/aromatic N) is 4. The number of hydrogen-bond donors (Lipinski definition) is 0. The molecule has 0 unspecified atom stereocenters. The maximum Gasteiger partial charge on any atom is 0.131 e. The predicted molar refractivity (Wildman–Crippen MR) is 86.7 cm³/mol. The first-order valence-corrected chi connectivity index (χ1v) is 8.66. The van der Waals surface area contributed by atoms with Gasteiger partial charge < -0.3 is 0 Å². The average molecular weight is 311 g/mol. The Labute approximate surface area is 133 Å². The van der Waals surface area contributed by atoms with E-state index in [1.165, 1.54) is 44.5 Å². The molecule has 0 spiro atoms. The molecular weight excluding hydrogens is 284 g/mol. The molecule has 21 heavy (non-hydrogen) atoms. The van der Waals surface area contributed by atoms with E-state index in [2.05, 4.69) is 28.7 Å². The van der Waals surface area contributed by atoms with Gasteiger partial charge in [0, 0.05) is 44.3 Å². The van der Waals surface area contributed by atoms with Crippen LogP contribution in [0.1, 0.15) is 44.4 Å². The average Bonchev–Trinajstić information content (AvgIpc) is 2.70. The van der Waals surface area contributed by atoms with Gasteiger partial charge in [0.05, 0.1) is 5.69 Å². The standard InChI is InChI=1S/C16H27ClN4/c1-4-15-14(16(17)19(3)18-15)11-20-9-13(10-20)21-8-6-5-7-12(21)2/h12-13H,4-11H2,1-3H3/t12-/m1/s1. The Morgan fingerprint density at radius 2 is 2.05 bits per heavy atom. The van der Waals surface area contributed by atoms with Crippen molar-refractivity contribution in [2.75, 3.05) is 19.6 Å². The smallest absolute Gasteiger partial charge is 0.131 e. The van der Waals surface area contributed by atoms with E-state index in [1.54, 1.807) is 4.68 Å². The van der Waals surface area contributed by atoms with Crippen molar-refractivity contribution >= 4 is 11.6 Å². The van der Waals surface area contributed by atoms with Gasteiger partial charge in [-0.25, -0.2) is 0 Å². The minimum Gasteiger partial charge on any atom is -0.296 e. The Hall–Kier alpha value is -0.580. The van der Waals surface area contributed by atoms with Crippen molar-refractivity contribution in [3.63, 3.8) is 0 Å². The van der Waals surface area contributed by atoms with Crippen LogP contribution in [-0.2, 0) is 20.0 Å². The van der Waals surface area contributed by atoms with Crippen LogP contribution in [0.4, 0.5) is 0 Å². The fourth-order valence-electron chi connectivity index (χ4n) is 3.81. The summed E-state index contributed by atoms with van der Waals surface area (Å²) >= 11 is 6.39. The van der Waals surface area contributed by atoms with Crippen LogP contribution in [0, 0.1) is 0 Å². The van der Waals surface area contributed by atoms with Crippen molar-refractivity contribution < 1.29 is 0 Å². The second-order valence-electron chi connectivity index (χ2n) is 6.62. The first kappa shape index (κ1) is 15.3. The third-order valence-electron chi connectivity index (χ3n) is 5.13. The third kappa shape index (κ3) is 2.99. The Kier molecular flexibility index (Phi) is 4.57. The molecule has 118 valence electrons. The van der Waals surface area contributed by atoms with Crippen LogP contribution in [-0.4, -0.2) is 51.3 Å². The van der Waals surface area contributed by atoms with Crippen molar-refractivity contribution in [3.05, 3.63) is 16.4 Å². The van der Waals surface area contributed by atoms with Gasteiger partial charge >= 0.3 is 0 Å². The summed E-state index contributed by atoms with van der Waals surface area (Å²) in [5, 5.41) is 5.32. The van der Waals surface area contributed by atoms with Gasteiger partial charge in [-0.05, 0) is 32.7 Å². The second kappa shape index (κ2) is 6.27. The van der Waals surface area contributed by atoms with Crippen LogP contribution in [0.15, 0.2) is 0 Å². The molecule has 0 radical (unpaired) electrons. The number of rotatable bonds is 4. The molecule has 0 aliphatic carbocycles. The van der Waals surface area contributed by atoms with Crippen LogP contribution in [0.3, 0.4) is 0 Å². The Bertz CT molecular complexity index is 493.